The minimum atomic E-state index is 0. The molecule has 0 saturated heterocycles. The van der Waals surface area contributed by atoms with Crippen molar-refractivity contribution in [1.82, 2.24) is 0 Å². The molecule has 1 nitrogen and oxygen atoms in total. The minimum Gasteiger partial charge on any atom is -1.00 e. The Morgan fingerprint density at radius 1 is 1.00 bits per heavy atom. The Kier molecular flexibility index (Phi) is 17.7. The fourth-order valence-corrected chi connectivity index (χ4v) is 0.614. The molecule has 0 aromatic heterocycles. The first-order valence-electron chi connectivity index (χ1n) is 2.67. The van der Waals surface area contributed by atoms with Gasteiger partial charge >= 0.3 is 23.1 Å². The molecule has 4 heteroatoms. The molecule has 0 radical (unpaired) electrons. The molecule has 0 saturated carbocycles. The van der Waals surface area contributed by atoms with E-state index in [4.69, 9.17) is 5.73 Å². The van der Waals surface area contributed by atoms with Gasteiger partial charge in [0.2, 0.25) is 0 Å². The summed E-state index contributed by atoms with van der Waals surface area (Å²) < 4.78 is 0. The molecule has 0 atom stereocenters. The Balaban J connectivity index is -0.000000213. The SMILES string of the molecule is NCc1ccccc1.[Br-].[Br-].[Mg+2]. The van der Waals surface area contributed by atoms with Crippen LogP contribution >= 0.6 is 0 Å². The number of hydrogen-bond donors (Lipinski definition) is 1. The third-order valence-electron chi connectivity index (χ3n) is 1.08. The van der Waals surface area contributed by atoms with E-state index in [1.54, 1.807) is 0 Å². The predicted octanol–water partition coefficient (Wildman–Crippen LogP) is -5.23. The van der Waals surface area contributed by atoms with Crippen LogP contribution in [0.4, 0.5) is 0 Å². The quantitative estimate of drug-likeness (QED) is 0.514. The molecular formula is C7H9Br2MgN. The topological polar surface area (TPSA) is 26.0 Å². The Bertz CT molecular complexity index is 158. The second-order valence-corrected chi connectivity index (χ2v) is 1.69. The van der Waals surface area contributed by atoms with Crippen molar-refractivity contribution < 1.29 is 34.0 Å². The molecule has 1 aromatic rings. The van der Waals surface area contributed by atoms with Crippen molar-refractivity contribution in [3.05, 3.63) is 35.9 Å². The summed E-state index contributed by atoms with van der Waals surface area (Å²) in [5.41, 5.74) is 6.54. The molecule has 1 rings (SSSR count). The second-order valence-electron chi connectivity index (χ2n) is 1.69. The molecule has 0 bridgehead atoms. The molecule has 2 N–H and O–H groups in total. The second kappa shape index (κ2) is 10.9. The Morgan fingerprint density at radius 2 is 1.45 bits per heavy atom. The third kappa shape index (κ3) is 7.27. The van der Waals surface area contributed by atoms with E-state index in [-0.39, 0.29) is 57.0 Å². The van der Waals surface area contributed by atoms with Gasteiger partial charge < -0.3 is 39.7 Å². The first-order valence-corrected chi connectivity index (χ1v) is 2.67. The van der Waals surface area contributed by atoms with Crippen molar-refractivity contribution >= 4 is 23.1 Å². The summed E-state index contributed by atoms with van der Waals surface area (Å²) in [6.07, 6.45) is 0. The van der Waals surface area contributed by atoms with Crippen molar-refractivity contribution in [1.29, 1.82) is 0 Å². The summed E-state index contributed by atoms with van der Waals surface area (Å²) in [7, 11) is 0. The molecule has 0 unspecified atom stereocenters. The van der Waals surface area contributed by atoms with Crippen LogP contribution in [0.25, 0.3) is 0 Å². The van der Waals surface area contributed by atoms with E-state index in [1.165, 1.54) is 5.56 Å². The summed E-state index contributed by atoms with van der Waals surface area (Å²) >= 11 is 0. The molecule has 0 spiro atoms. The van der Waals surface area contributed by atoms with Crippen LogP contribution in [0.5, 0.6) is 0 Å². The van der Waals surface area contributed by atoms with Crippen LogP contribution in [0.2, 0.25) is 0 Å². The third-order valence-corrected chi connectivity index (χ3v) is 1.08. The molecule has 58 valence electrons. The molecule has 0 aliphatic carbocycles. The van der Waals surface area contributed by atoms with Crippen LogP contribution in [0.3, 0.4) is 0 Å². The molecule has 11 heavy (non-hydrogen) atoms. The maximum Gasteiger partial charge on any atom is 2.00 e. The fourth-order valence-electron chi connectivity index (χ4n) is 0.614. The zero-order valence-corrected chi connectivity index (χ0v) is 10.7. The first kappa shape index (κ1) is 17.9. The van der Waals surface area contributed by atoms with E-state index < -0.39 is 0 Å². The van der Waals surface area contributed by atoms with Crippen LogP contribution in [0.15, 0.2) is 30.3 Å². The fraction of sp³-hybridized carbons (Fsp3) is 0.143. The van der Waals surface area contributed by atoms with Crippen LogP contribution in [0, 0.1) is 0 Å². The van der Waals surface area contributed by atoms with Crippen molar-refractivity contribution in [3.63, 3.8) is 0 Å². The molecule has 0 aliphatic rings. The van der Waals surface area contributed by atoms with Crippen molar-refractivity contribution in [2.24, 2.45) is 5.73 Å². The van der Waals surface area contributed by atoms with Gasteiger partial charge in [0, 0.05) is 6.54 Å². The Hall–Kier alpha value is 0.906. The number of benzene rings is 1. The zero-order chi connectivity index (χ0) is 5.82. The largest absolute Gasteiger partial charge is 2.00 e. The molecular weight excluding hydrogens is 282 g/mol. The summed E-state index contributed by atoms with van der Waals surface area (Å²) in [6.45, 7) is 0.640. The van der Waals surface area contributed by atoms with E-state index >= 15 is 0 Å². The molecule has 0 aliphatic heterocycles. The standard InChI is InChI=1S/C7H9N.2BrH.Mg/c8-6-7-4-2-1-3-5-7;;;/h1-5H,6,8H2;2*1H;/q;;;+2/p-2. The molecule has 0 heterocycles. The summed E-state index contributed by atoms with van der Waals surface area (Å²) in [4.78, 5) is 0. The Morgan fingerprint density at radius 3 is 1.73 bits per heavy atom. The van der Waals surface area contributed by atoms with E-state index in [1.807, 2.05) is 30.3 Å². The van der Waals surface area contributed by atoms with Gasteiger partial charge in [0.05, 0.1) is 0 Å². The maximum absolute atomic E-state index is 5.35. The minimum absolute atomic E-state index is 0. The summed E-state index contributed by atoms with van der Waals surface area (Å²) in [5.74, 6) is 0. The molecule has 0 amide bonds. The average Bonchev–Trinajstić information content (AvgIpc) is 1.90. The smallest absolute Gasteiger partial charge is 1.00 e. The summed E-state index contributed by atoms with van der Waals surface area (Å²) in [5, 5.41) is 0. The van der Waals surface area contributed by atoms with Gasteiger partial charge in [0.25, 0.3) is 0 Å². The van der Waals surface area contributed by atoms with E-state index in [0.29, 0.717) is 6.54 Å². The summed E-state index contributed by atoms with van der Waals surface area (Å²) in [6, 6.07) is 9.99. The number of rotatable bonds is 1. The number of halogens is 2. The van der Waals surface area contributed by atoms with Gasteiger partial charge in [-0.25, -0.2) is 0 Å². The molecule has 1 aromatic carbocycles. The monoisotopic (exact) mass is 289 g/mol. The van der Waals surface area contributed by atoms with Crippen molar-refractivity contribution in [2.45, 2.75) is 6.54 Å². The van der Waals surface area contributed by atoms with E-state index in [9.17, 15) is 0 Å². The first-order chi connectivity index (χ1) is 3.93. The van der Waals surface area contributed by atoms with Gasteiger partial charge in [0.1, 0.15) is 0 Å². The average molecular weight is 291 g/mol. The number of hydrogen-bond acceptors (Lipinski definition) is 1. The maximum atomic E-state index is 5.35. The van der Waals surface area contributed by atoms with E-state index in [2.05, 4.69) is 0 Å². The van der Waals surface area contributed by atoms with Gasteiger partial charge in [-0.05, 0) is 5.56 Å². The van der Waals surface area contributed by atoms with E-state index in [0.717, 1.165) is 0 Å². The molecule has 0 fully saturated rings. The van der Waals surface area contributed by atoms with Gasteiger partial charge in [-0.2, -0.15) is 0 Å². The van der Waals surface area contributed by atoms with Crippen molar-refractivity contribution in [2.75, 3.05) is 0 Å². The Labute approximate surface area is 104 Å². The van der Waals surface area contributed by atoms with Gasteiger partial charge in [-0.1, -0.05) is 30.3 Å². The van der Waals surface area contributed by atoms with Crippen LogP contribution in [-0.2, 0) is 6.54 Å². The van der Waals surface area contributed by atoms with Gasteiger partial charge in [-0.15, -0.1) is 0 Å². The normalized spacial score (nSPS) is 6.64. The van der Waals surface area contributed by atoms with Gasteiger partial charge in [0.15, 0.2) is 0 Å². The van der Waals surface area contributed by atoms with Crippen LogP contribution in [-0.4, -0.2) is 23.1 Å². The predicted molar refractivity (Wildman–Crippen MR) is 40.1 cm³/mol. The number of nitrogens with two attached hydrogens (primary N) is 1. The van der Waals surface area contributed by atoms with Gasteiger partial charge in [-0.3, -0.25) is 0 Å². The zero-order valence-electron chi connectivity index (χ0n) is 6.13. The van der Waals surface area contributed by atoms with Crippen LogP contribution < -0.4 is 39.7 Å². The van der Waals surface area contributed by atoms with Crippen LogP contribution in [0.1, 0.15) is 5.56 Å². The van der Waals surface area contributed by atoms with Crippen molar-refractivity contribution in [3.8, 4) is 0 Å².